The third-order valence-electron chi connectivity index (χ3n) is 4.58. The molecule has 0 aliphatic carbocycles. The zero-order valence-electron chi connectivity index (χ0n) is 14.2. The fraction of sp³-hybridized carbons (Fsp3) is 0.611. The van der Waals surface area contributed by atoms with Crippen LogP contribution < -0.4 is 5.32 Å². The predicted molar refractivity (Wildman–Crippen MR) is 92.5 cm³/mol. The van der Waals surface area contributed by atoms with Gasteiger partial charge in [0, 0.05) is 31.9 Å². The molecule has 0 saturated carbocycles. The van der Waals surface area contributed by atoms with E-state index in [1.54, 1.807) is 0 Å². The molecule has 4 heteroatoms. The van der Waals surface area contributed by atoms with Crippen molar-refractivity contribution in [3.8, 4) is 0 Å². The summed E-state index contributed by atoms with van der Waals surface area (Å²) in [6.07, 6.45) is 3.83. The van der Waals surface area contributed by atoms with Crippen molar-refractivity contribution in [1.82, 2.24) is 9.80 Å². The molecule has 1 saturated heterocycles. The molecule has 1 aliphatic heterocycles. The SMILES string of the molecule is CCCCCN1CCN(C(=O)Nc2cccc(C)c2C)CC1. The maximum absolute atomic E-state index is 12.4. The highest BCUT2D eigenvalue weighted by Gasteiger charge is 2.21. The second kappa shape index (κ2) is 8.18. The first-order valence-corrected chi connectivity index (χ1v) is 8.46. The van der Waals surface area contributed by atoms with E-state index in [0.717, 1.165) is 37.4 Å². The Morgan fingerprint density at radius 1 is 1.14 bits per heavy atom. The van der Waals surface area contributed by atoms with E-state index < -0.39 is 0 Å². The summed E-state index contributed by atoms with van der Waals surface area (Å²) in [6, 6.07) is 6.06. The average molecular weight is 303 g/mol. The second-order valence-corrected chi connectivity index (χ2v) is 6.21. The Bertz CT molecular complexity index is 493. The molecule has 122 valence electrons. The van der Waals surface area contributed by atoms with Crippen molar-refractivity contribution in [3.05, 3.63) is 29.3 Å². The molecule has 0 aromatic heterocycles. The van der Waals surface area contributed by atoms with Crippen molar-refractivity contribution in [2.24, 2.45) is 0 Å². The maximum Gasteiger partial charge on any atom is 0.321 e. The van der Waals surface area contributed by atoms with Crippen LogP contribution in [0.5, 0.6) is 0 Å². The van der Waals surface area contributed by atoms with Crippen LogP contribution in [-0.2, 0) is 0 Å². The van der Waals surface area contributed by atoms with E-state index in [1.807, 2.05) is 17.0 Å². The molecule has 0 radical (unpaired) electrons. The van der Waals surface area contributed by atoms with Crippen molar-refractivity contribution in [1.29, 1.82) is 0 Å². The number of amides is 2. The summed E-state index contributed by atoms with van der Waals surface area (Å²) < 4.78 is 0. The summed E-state index contributed by atoms with van der Waals surface area (Å²) in [5, 5.41) is 3.06. The summed E-state index contributed by atoms with van der Waals surface area (Å²) in [7, 11) is 0. The van der Waals surface area contributed by atoms with Gasteiger partial charge in [-0.15, -0.1) is 0 Å². The highest BCUT2D eigenvalue weighted by molar-refractivity contribution is 5.90. The Morgan fingerprint density at radius 3 is 2.55 bits per heavy atom. The van der Waals surface area contributed by atoms with Crippen LogP contribution in [0.15, 0.2) is 18.2 Å². The smallest absolute Gasteiger partial charge is 0.321 e. The third-order valence-corrected chi connectivity index (χ3v) is 4.58. The van der Waals surface area contributed by atoms with Gasteiger partial charge < -0.3 is 10.2 Å². The van der Waals surface area contributed by atoms with Crippen LogP contribution >= 0.6 is 0 Å². The van der Waals surface area contributed by atoms with Crippen LogP contribution in [0.2, 0.25) is 0 Å². The molecular formula is C18H29N3O. The van der Waals surface area contributed by atoms with E-state index in [2.05, 4.69) is 37.1 Å². The van der Waals surface area contributed by atoms with Crippen LogP contribution in [0.25, 0.3) is 0 Å². The Labute approximate surface area is 134 Å². The molecule has 1 aromatic carbocycles. The van der Waals surface area contributed by atoms with E-state index in [-0.39, 0.29) is 6.03 Å². The number of unbranched alkanes of at least 4 members (excludes halogenated alkanes) is 2. The number of nitrogens with zero attached hydrogens (tertiary/aromatic N) is 2. The Kier molecular flexibility index (Phi) is 6.25. The fourth-order valence-electron chi connectivity index (χ4n) is 2.84. The zero-order valence-corrected chi connectivity index (χ0v) is 14.2. The lowest BCUT2D eigenvalue weighted by molar-refractivity contribution is 0.146. The molecule has 0 spiro atoms. The summed E-state index contributed by atoms with van der Waals surface area (Å²) in [5.74, 6) is 0. The summed E-state index contributed by atoms with van der Waals surface area (Å²) in [5.41, 5.74) is 3.28. The van der Waals surface area contributed by atoms with Crippen LogP contribution in [-0.4, -0.2) is 48.6 Å². The zero-order chi connectivity index (χ0) is 15.9. The van der Waals surface area contributed by atoms with Crippen molar-refractivity contribution >= 4 is 11.7 Å². The minimum atomic E-state index is 0.0295. The highest BCUT2D eigenvalue weighted by Crippen LogP contribution is 2.18. The van der Waals surface area contributed by atoms with Crippen molar-refractivity contribution in [3.63, 3.8) is 0 Å². The van der Waals surface area contributed by atoms with E-state index in [1.165, 1.54) is 31.4 Å². The number of hydrogen-bond donors (Lipinski definition) is 1. The van der Waals surface area contributed by atoms with Gasteiger partial charge in [-0.05, 0) is 44.0 Å². The average Bonchev–Trinajstić information content (AvgIpc) is 2.53. The fourth-order valence-corrected chi connectivity index (χ4v) is 2.84. The third kappa shape index (κ3) is 4.47. The van der Waals surface area contributed by atoms with Gasteiger partial charge in [-0.2, -0.15) is 0 Å². The van der Waals surface area contributed by atoms with Gasteiger partial charge in [0.15, 0.2) is 0 Å². The van der Waals surface area contributed by atoms with Crippen LogP contribution in [0.4, 0.5) is 10.5 Å². The van der Waals surface area contributed by atoms with Crippen molar-refractivity contribution in [2.75, 3.05) is 38.0 Å². The summed E-state index contributed by atoms with van der Waals surface area (Å²) >= 11 is 0. The molecule has 0 atom stereocenters. The molecule has 2 rings (SSSR count). The normalized spacial score (nSPS) is 15.9. The standard InChI is InChI=1S/C18H29N3O/c1-4-5-6-10-20-11-13-21(14-12-20)18(22)19-17-9-7-8-15(2)16(17)3/h7-9H,4-6,10-14H2,1-3H3,(H,19,22). The van der Waals surface area contributed by atoms with Gasteiger partial charge in [0.1, 0.15) is 0 Å². The lowest BCUT2D eigenvalue weighted by atomic mass is 10.1. The van der Waals surface area contributed by atoms with Gasteiger partial charge >= 0.3 is 6.03 Å². The van der Waals surface area contributed by atoms with Gasteiger partial charge in [-0.1, -0.05) is 31.9 Å². The lowest BCUT2D eigenvalue weighted by Crippen LogP contribution is -2.50. The second-order valence-electron chi connectivity index (χ2n) is 6.21. The minimum absolute atomic E-state index is 0.0295. The molecule has 1 N–H and O–H groups in total. The first kappa shape index (κ1) is 16.8. The van der Waals surface area contributed by atoms with Gasteiger partial charge in [-0.25, -0.2) is 4.79 Å². The first-order chi connectivity index (χ1) is 10.6. The molecule has 1 aliphatic rings. The van der Waals surface area contributed by atoms with Gasteiger partial charge in [0.25, 0.3) is 0 Å². The maximum atomic E-state index is 12.4. The largest absolute Gasteiger partial charge is 0.322 e. The number of nitrogens with one attached hydrogen (secondary N) is 1. The molecule has 1 heterocycles. The molecule has 0 unspecified atom stereocenters. The van der Waals surface area contributed by atoms with Crippen molar-refractivity contribution < 1.29 is 4.79 Å². The number of urea groups is 1. The van der Waals surface area contributed by atoms with Gasteiger partial charge in [-0.3, -0.25) is 4.90 Å². The number of rotatable bonds is 5. The van der Waals surface area contributed by atoms with E-state index in [0.29, 0.717) is 0 Å². The number of aryl methyl sites for hydroxylation is 1. The van der Waals surface area contributed by atoms with Crippen LogP contribution in [0.3, 0.4) is 0 Å². The number of piperazine rings is 1. The molecule has 1 aromatic rings. The van der Waals surface area contributed by atoms with Gasteiger partial charge in [0.05, 0.1) is 0 Å². The van der Waals surface area contributed by atoms with E-state index in [9.17, 15) is 4.79 Å². The minimum Gasteiger partial charge on any atom is -0.322 e. The van der Waals surface area contributed by atoms with Crippen molar-refractivity contribution in [2.45, 2.75) is 40.0 Å². The summed E-state index contributed by atoms with van der Waals surface area (Å²) in [4.78, 5) is 16.8. The molecule has 4 nitrogen and oxygen atoms in total. The Hall–Kier alpha value is -1.55. The molecule has 1 fully saturated rings. The highest BCUT2D eigenvalue weighted by atomic mass is 16.2. The molecule has 0 bridgehead atoms. The quantitative estimate of drug-likeness (QED) is 0.843. The topological polar surface area (TPSA) is 35.6 Å². The first-order valence-electron chi connectivity index (χ1n) is 8.46. The number of carbonyl (C=O) groups excluding carboxylic acids is 1. The number of benzene rings is 1. The lowest BCUT2D eigenvalue weighted by Gasteiger charge is -2.34. The monoisotopic (exact) mass is 303 g/mol. The van der Waals surface area contributed by atoms with Crippen LogP contribution in [0, 0.1) is 13.8 Å². The Morgan fingerprint density at radius 2 is 1.86 bits per heavy atom. The van der Waals surface area contributed by atoms with Crippen LogP contribution in [0.1, 0.15) is 37.3 Å². The van der Waals surface area contributed by atoms with E-state index >= 15 is 0 Å². The number of hydrogen-bond acceptors (Lipinski definition) is 2. The molecule has 22 heavy (non-hydrogen) atoms. The van der Waals surface area contributed by atoms with Gasteiger partial charge in [0.2, 0.25) is 0 Å². The predicted octanol–water partition coefficient (Wildman–Crippen LogP) is 3.64. The summed E-state index contributed by atoms with van der Waals surface area (Å²) in [6.45, 7) is 11.1. The number of carbonyl (C=O) groups is 1. The number of anilines is 1. The van der Waals surface area contributed by atoms with E-state index in [4.69, 9.17) is 0 Å². The Balaban J connectivity index is 1.81. The molecular weight excluding hydrogens is 274 g/mol. The molecule has 2 amide bonds.